The average Bonchev–Trinajstić information content (AvgIpc) is 3.27. The molecule has 0 unspecified atom stereocenters. The lowest BCUT2D eigenvalue weighted by molar-refractivity contribution is 0.0600. The first-order valence-corrected chi connectivity index (χ1v) is 8.79. The Morgan fingerprint density at radius 2 is 1.81 bits per heavy atom. The number of carbonyl (C=O) groups is 2. The Balaban J connectivity index is 1.58. The van der Waals surface area contributed by atoms with Gasteiger partial charge in [-0.05, 0) is 42.5 Å². The van der Waals surface area contributed by atoms with Crippen molar-refractivity contribution in [2.75, 3.05) is 7.11 Å². The van der Waals surface area contributed by atoms with Crippen LogP contribution in [0.25, 0.3) is 17.4 Å². The van der Waals surface area contributed by atoms with Crippen LogP contribution < -0.4 is 0 Å². The molecule has 0 amide bonds. The molecule has 2 aromatic carbocycles. The first-order chi connectivity index (χ1) is 12.7. The van der Waals surface area contributed by atoms with Gasteiger partial charge in [-0.1, -0.05) is 36.0 Å². The number of methoxy groups -OCH3 is 1. The summed E-state index contributed by atoms with van der Waals surface area (Å²) in [5.74, 6) is 0.922. The minimum Gasteiger partial charge on any atom is -0.465 e. The Labute approximate surface area is 154 Å². The van der Waals surface area contributed by atoms with Crippen LogP contribution in [-0.4, -0.2) is 18.9 Å². The van der Waals surface area contributed by atoms with Gasteiger partial charge in [-0.2, -0.15) is 0 Å². The van der Waals surface area contributed by atoms with E-state index in [0.717, 1.165) is 16.0 Å². The van der Waals surface area contributed by atoms with Crippen molar-refractivity contribution >= 4 is 29.6 Å². The van der Waals surface area contributed by atoms with E-state index in [-0.39, 0.29) is 11.8 Å². The molecule has 0 N–H and O–H groups in total. The van der Waals surface area contributed by atoms with E-state index in [2.05, 4.69) is 0 Å². The molecule has 1 aliphatic heterocycles. The van der Waals surface area contributed by atoms with Gasteiger partial charge in [0.2, 0.25) is 5.78 Å². The Bertz CT molecular complexity index is 1030. The third-order valence-electron chi connectivity index (χ3n) is 4.07. The number of hydrogen-bond donors (Lipinski definition) is 0. The van der Waals surface area contributed by atoms with E-state index in [0.29, 0.717) is 22.0 Å². The standard InChI is InChI=1S/C21H14O4S/c1-24-21(23)14-8-6-13(7-9-14)17-11-10-15(25-17)12-19-20(22)16-4-2-3-5-18(16)26-19/h2-12H,1H3. The van der Waals surface area contributed by atoms with Crippen LogP contribution in [0.15, 0.2) is 74.9 Å². The molecule has 5 heteroatoms. The molecule has 0 bridgehead atoms. The van der Waals surface area contributed by atoms with Gasteiger partial charge in [0.1, 0.15) is 11.5 Å². The van der Waals surface area contributed by atoms with Crippen molar-refractivity contribution in [1.29, 1.82) is 0 Å². The number of allylic oxidation sites excluding steroid dienone is 1. The fourth-order valence-electron chi connectivity index (χ4n) is 2.74. The van der Waals surface area contributed by atoms with E-state index in [4.69, 9.17) is 9.15 Å². The van der Waals surface area contributed by atoms with Gasteiger partial charge >= 0.3 is 5.97 Å². The lowest BCUT2D eigenvalue weighted by Gasteiger charge is -2.00. The maximum Gasteiger partial charge on any atom is 0.337 e. The number of hydrogen-bond acceptors (Lipinski definition) is 5. The fraction of sp³-hybridized carbons (Fsp3) is 0.0476. The number of rotatable bonds is 3. The quantitative estimate of drug-likeness (QED) is 0.481. The molecule has 0 saturated heterocycles. The zero-order chi connectivity index (χ0) is 18.1. The van der Waals surface area contributed by atoms with E-state index in [1.807, 2.05) is 36.4 Å². The van der Waals surface area contributed by atoms with Gasteiger partial charge in [0.05, 0.1) is 17.6 Å². The smallest absolute Gasteiger partial charge is 0.337 e. The highest BCUT2D eigenvalue weighted by Gasteiger charge is 2.25. The number of Topliss-reactive ketones (excluding diaryl/α,β-unsaturated/α-hetero) is 1. The van der Waals surface area contributed by atoms with Crippen LogP contribution in [0.1, 0.15) is 26.5 Å². The predicted molar refractivity (Wildman–Crippen MR) is 100 cm³/mol. The monoisotopic (exact) mass is 362 g/mol. The van der Waals surface area contributed by atoms with Crippen LogP contribution in [0.2, 0.25) is 0 Å². The van der Waals surface area contributed by atoms with Crippen molar-refractivity contribution in [1.82, 2.24) is 0 Å². The molecule has 0 radical (unpaired) electrons. The summed E-state index contributed by atoms with van der Waals surface area (Å²) in [5, 5.41) is 0. The zero-order valence-electron chi connectivity index (χ0n) is 13.9. The molecule has 0 fully saturated rings. The minimum absolute atomic E-state index is 0.0194. The Morgan fingerprint density at radius 3 is 2.54 bits per heavy atom. The van der Waals surface area contributed by atoms with Crippen LogP contribution in [0.4, 0.5) is 0 Å². The van der Waals surface area contributed by atoms with Crippen molar-refractivity contribution in [3.05, 3.63) is 82.5 Å². The highest BCUT2D eigenvalue weighted by molar-refractivity contribution is 8.04. The summed E-state index contributed by atoms with van der Waals surface area (Å²) >= 11 is 1.45. The van der Waals surface area contributed by atoms with Gasteiger partial charge in [-0.15, -0.1) is 0 Å². The lowest BCUT2D eigenvalue weighted by atomic mass is 10.1. The van der Waals surface area contributed by atoms with Gasteiger partial charge in [0, 0.05) is 16.0 Å². The van der Waals surface area contributed by atoms with Crippen molar-refractivity contribution in [2.45, 2.75) is 4.90 Å². The van der Waals surface area contributed by atoms with E-state index in [9.17, 15) is 9.59 Å². The Kier molecular flexibility index (Phi) is 4.22. The summed E-state index contributed by atoms with van der Waals surface area (Å²) in [6, 6.07) is 18.2. The van der Waals surface area contributed by atoms with Crippen LogP contribution in [0, 0.1) is 0 Å². The van der Waals surface area contributed by atoms with Crippen LogP contribution in [0.3, 0.4) is 0 Å². The number of benzene rings is 2. The van der Waals surface area contributed by atoms with Crippen molar-refractivity contribution < 1.29 is 18.7 Å². The van der Waals surface area contributed by atoms with Gasteiger partial charge in [-0.3, -0.25) is 4.79 Å². The molecule has 0 aliphatic carbocycles. The number of esters is 1. The first kappa shape index (κ1) is 16.4. The van der Waals surface area contributed by atoms with E-state index in [1.54, 1.807) is 30.3 Å². The minimum atomic E-state index is -0.377. The van der Waals surface area contributed by atoms with Crippen LogP contribution in [0.5, 0.6) is 0 Å². The number of ketones is 1. The number of furan rings is 1. The molecule has 4 rings (SSSR count). The number of fused-ring (bicyclic) bond motifs is 1. The molecule has 2 heterocycles. The largest absolute Gasteiger partial charge is 0.465 e. The molecule has 0 spiro atoms. The number of thioether (sulfide) groups is 1. The van der Waals surface area contributed by atoms with Gasteiger partial charge in [0.15, 0.2) is 0 Å². The van der Waals surface area contributed by atoms with E-state index < -0.39 is 0 Å². The summed E-state index contributed by atoms with van der Waals surface area (Å²) in [7, 11) is 1.35. The topological polar surface area (TPSA) is 56.5 Å². The molecule has 1 aliphatic rings. The molecule has 26 heavy (non-hydrogen) atoms. The summed E-state index contributed by atoms with van der Waals surface area (Å²) in [4.78, 5) is 25.5. The average molecular weight is 362 g/mol. The zero-order valence-corrected chi connectivity index (χ0v) is 14.7. The fourth-order valence-corrected chi connectivity index (χ4v) is 3.77. The number of carbonyl (C=O) groups excluding carboxylic acids is 2. The van der Waals surface area contributed by atoms with Gasteiger partial charge < -0.3 is 9.15 Å². The van der Waals surface area contributed by atoms with Gasteiger partial charge in [0.25, 0.3) is 0 Å². The maximum absolute atomic E-state index is 12.4. The van der Waals surface area contributed by atoms with E-state index >= 15 is 0 Å². The second kappa shape index (κ2) is 6.69. The molecular formula is C21H14O4S. The Morgan fingerprint density at radius 1 is 1.04 bits per heavy atom. The maximum atomic E-state index is 12.4. The third kappa shape index (κ3) is 2.97. The normalized spacial score (nSPS) is 14.5. The van der Waals surface area contributed by atoms with Crippen molar-refractivity contribution in [2.24, 2.45) is 0 Å². The second-order valence-electron chi connectivity index (χ2n) is 5.71. The second-order valence-corrected chi connectivity index (χ2v) is 6.79. The summed E-state index contributed by atoms with van der Waals surface area (Å²) < 4.78 is 10.5. The van der Waals surface area contributed by atoms with Crippen LogP contribution >= 0.6 is 11.8 Å². The Hall–Kier alpha value is -3.05. The summed E-state index contributed by atoms with van der Waals surface area (Å²) in [6.07, 6.45) is 1.76. The van der Waals surface area contributed by atoms with Crippen LogP contribution in [-0.2, 0) is 4.74 Å². The van der Waals surface area contributed by atoms with E-state index in [1.165, 1.54) is 18.9 Å². The number of ether oxygens (including phenoxy) is 1. The SMILES string of the molecule is COC(=O)c1ccc(-c2ccc(C=C3Sc4ccccc4C3=O)o2)cc1. The summed E-state index contributed by atoms with van der Waals surface area (Å²) in [6.45, 7) is 0. The molecular weight excluding hydrogens is 348 g/mol. The van der Waals surface area contributed by atoms with Crippen molar-refractivity contribution in [3.63, 3.8) is 0 Å². The summed E-state index contributed by atoms with van der Waals surface area (Å²) in [5.41, 5.74) is 2.06. The molecule has 128 valence electrons. The first-order valence-electron chi connectivity index (χ1n) is 7.97. The molecule has 0 saturated carbocycles. The molecule has 0 atom stereocenters. The van der Waals surface area contributed by atoms with Crippen molar-refractivity contribution in [3.8, 4) is 11.3 Å². The molecule has 1 aromatic heterocycles. The third-order valence-corrected chi connectivity index (χ3v) is 5.17. The highest BCUT2D eigenvalue weighted by atomic mass is 32.2. The molecule has 4 nitrogen and oxygen atoms in total. The predicted octanol–water partition coefficient (Wildman–Crippen LogP) is 5.06. The van der Waals surface area contributed by atoms with Gasteiger partial charge in [-0.25, -0.2) is 4.79 Å². The lowest BCUT2D eigenvalue weighted by Crippen LogP contribution is -2.00. The molecule has 3 aromatic rings. The highest BCUT2D eigenvalue weighted by Crippen LogP contribution is 2.40.